The summed E-state index contributed by atoms with van der Waals surface area (Å²) in [6.45, 7) is -2.38. The number of aromatic carboxylic acids is 1. The van der Waals surface area contributed by atoms with Gasteiger partial charge in [0, 0.05) is 18.3 Å². The van der Waals surface area contributed by atoms with Gasteiger partial charge in [0.25, 0.3) is 0 Å². The van der Waals surface area contributed by atoms with E-state index in [1.165, 1.54) is 30.3 Å². The summed E-state index contributed by atoms with van der Waals surface area (Å²) in [5, 5.41) is 19.9. The van der Waals surface area contributed by atoms with Crippen molar-refractivity contribution in [1.82, 2.24) is 4.31 Å². The number of nitrogens with zero attached hydrogens (tertiary/aromatic N) is 2. The highest BCUT2D eigenvalue weighted by Gasteiger charge is 2.39. The molecule has 0 heterocycles. The number of phenols is 1. The van der Waals surface area contributed by atoms with Crippen LogP contribution in [0.15, 0.2) is 71.6 Å². The SMILES string of the molecule is COC(=O)c1ccc(CN(CC(=O)N(Cc2ccc(C3CCCCC3)cc2)c2ccc(C(=O)O)c(O)c2)S(=O)(=O)c2c(F)c(F)c(F)c(F)c2F)cc1. The number of methoxy groups -OCH3 is 1. The molecule has 1 aliphatic rings. The Morgan fingerprint density at radius 3 is 1.87 bits per heavy atom. The molecule has 1 saturated carbocycles. The highest BCUT2D eigenvalue weighted by atomic mass is 32.2. The molecule has 5 rings (SSSR count). The number of carboxylic acid groups (broad SMARTS) is 1. The number of hydrogen-bond acceptors (Lipinski definition) is 7. The lowest BCUT2D eigenvalue weighted by Crippen LogP contribution is -2.43. The minimum atomic E-state index is -5.71. The fourth-order valence-corrected chi connectivity index (χ4v) is 7.67. The van der Waals surface area contributed by atoms with Gasteiger partial charge in [0.05, 0.1) is 25.8 Å². The average molecular weight is 761 g/mol. The molecule has 53 heavy (non-hydrogen) atoms. The van der Waals surface area contributed by atoms with Gasteiger partial charge in [-0.2, -0.15) is 4.31 Å². The molecule has 0 saturated heterocycles. The molecule has 0 atom stereocenters. The van der Waals surface area contributed by atoms with Crippen LogP contribution in [0.5, 0.6) is 5.75 Å². The lowest BCUT2D eigenvalue weighted by atomic mass is 9.84. The minimum absolute atomic E-state index is 0.0335. The van der Waals surface area contributed by atoms with Gasteiger partial charge in [-0.15, -0.1) is 0 Å². The Kier molecular flexibility index (Phi) is 11.8. The summed E-state index contributed by atoms with van der Waals surface area (Å²) in [5.74, 6) is -16.7. The maximum absolute atomic E-state index is 15.0. The van der Waals surface area contributed by atoms with Crippen molar-refractivity contribution in [3.8, 4) is 5.75 Å². The molecular formula is C37H33F5N2O8S. The molecule has 10 nitrogen and oxygen atoms in total. The van der Waals surface area contributed by atoms with E-state index >= 15 is 0 Å². The number of sulfonamides is 1. The first-order chi connectivity index (χ1) is 25.1. The van der Waals surface area contributed by atoms with Crippen molar-refractivity contribution in [1.29, 1.82) is 0 Å². The quantitative estimate of drug-likeness (QED) is 0.0678. The number of carbonyl (C=O) groups excluding carboxylic acids is 2. The van der Waals surface area contributed by atoms with E-state index in [1.807, 2.05) is 12.1 Å². The molecule has 0 aromatic heterocycles. The van der Waals surface area contributed by atoms with Gasteiger partial charge in [-0.3, -0.25) is 4.79 Å². The topological polar surface area (TPSA) is 142 Å². The Hall–Kier alpha value is -5.35. The van der Waals surface area contributed by atoms with Crippen molar-refractivity contribution in [2.45, 2.75) is 56.0 Å². The van der Waals surface area contributed by atoms with Gasteiger partial charge in [0.1, 0.15) is 11.3 Å². The van der Waals surface area contributed by atoms with Crippen LogP contribution in [-0.4, -0.2) is 54.4 Å². The van der Waals surface area contributed by atoms with Crippen LogP contribution in [0.1, 0.15) is 75.4 Å². The number of esters is 1. The Bertz CT molecular complexity index is 2110. The van der Waals surface area contributed by atoms with Gasteiger partial charge >= 0.3 is 11.9 Å². The molecule has 0 radical (unpaired) electrons. The largest absolute Gasteiger partial charge is 0.507 e. The zero-order valence-electron chi connectivity index (χ0n) is 28.1. The standard InChI is InChI=1S/C37H33F5N2O8S/c1-52-37(49)25-13-9-21(10-14-25)18-43(53(50,51)35-33(41)31(39)30(38)32(40)34(35)42)20-29(46)44(26-15-16-27(36(47)48)28(45)17-26)19-22-7-11-24(12-8-22)23-5-3-2-4-6-23/h7-17,23,45H,2-6,18-20H2,1H3,(H,47,48). The molecular weight excluding hydrogens is 727 g/mol. The minimum Gasteiger partial charge on any atom is -0.507 e. The molecule has 16 heteroatoms. The van der Waals surface area contributed by atoms with Crippen molar-refractivity contribution in [2.75, 3.05) is 18.6 Å². The summed E-state index contributed by atoms with van der Waals surface area (Å²) in [6, 6.07) is 15.3. The Balaban J connectivity index is 1.57. The fraction of sp³-hybridized carbons (Fsp3) is 0.270. The number of benzene rings is 4. The van der Waals surface area contributed by atoms with E-state index in [-0.39, 0.29) is 27.7 Å². The second-order valence-corrected chi connectivity index (χ2v) is 14.3. The fourth-order valence-electron chi connectivity index (χ4n) is 6.18. The molecule has 4 aromatic carbocycles. The molecule has 1 aliphatic carbocycles. The number of carboxylic acids is 1. The van der Waals surface area contributed by atoms with Gasteiger partial charge in [0.15, 0.2) is 28.2 Å². The van der Waals surface area contributed by atoms with E-state index in [0.29, 0.717) is 11.5 Å². The molecule has 280 valence electrons. The van der Waals surface area contributed by atoms with E-state index in [9.17, 15) is 55.0 Å². The summed E-state index contributed by atoms with van der Waals surface area (Å²) in [7, 11) is -4.59. The predicted octanol–water partition coefficient (Wildman–Crippen LogP) is 7.04. The van der Waals surface area contributed by atoms with Crippen molar-refractivity contribution >= 4 is 33.6 Å². The number of ether oxygens (including phenoxy) is 1. The first-order valence-electron chi connectivity index (χ1n) is 16.3. The Labute approximate surface area is 301 Å². The highest BCUT2D eigenvalue weighted by molar-refractivity contribution is 7.89. The zero-order chi connectivity index (χ0) is 38.6. The van der Waals surface area contributed by atoms with Crippen LogP contribution < -0.4 is 4.90 Å². The highest BCUT2D eigenvalue weighted by Crippen LogP contribution is 2.34. The second kappa shape index (κ2) is 16.1. The monoisotopic (exact) mass is 760 g/mol. The number of anilines is 1. The summed E-state index contributed by atoms with van der Waals surface area (Å²) in [5.41, 5.74) is 1.05. The smallest absolute Gasteiger partial charge is 0.339 e. The van der Waals surface area contributed by atoms with Crippen LogP contribution in [0, 0.1) is 29.1 Å². The van der Waals surface area contributed by atoms with Crippen LogP contribution in [0.25, 0.3) is 0 Å². The number of rotatable bonds is 12. The van der Waals surface area contributed by atoms with Crippen molar-refractivity contribution in [3.05, 3.63) is 124 Å². The van der Waals surface area contributed by atoms with Crippen LogP contribution in [0.4, 0.5) is 27.6 Å². The third kappa shape index (κ3) is 8.33. The molecule has 2 N–H and O–H groups in total. The van der Waals surface area contributed by atoms with Gasteiger partial charge in [-0.05, 0) is 59.7 Å². The number of aromatic hydroxyl groups is 1. The van der Waals surface area contributed by atoms with Crippen LogP contribution >= 0.6 is 0 Å². The van der Waals surface area contributed by atoms with Crippen LogP contribution in [-0.2, 0) is 32.6 Å². The summed E-state index contributed by atoms with van der Waals surface area (Å²) >= 11 is 0. The van der Waals surface area contributed by atoms with Crippen molar-refractivity contribution in [2.24, 2.45) is 0 Å². The molecule has 0 spiro atoms. The van der Waals surface area contributed by atoms with E-state index < -0.39 is 86.3 Å². The summed E-state index contributed by atoms with van der Waals surface area (Å²) in [6.07, 6.45) is 5.35. The molecule has 1 fully saturated rings. The maximum atomic E-state index is 15.0. The number of halogens is 5. The third-order valence-electron chi connectivity index (χ3n) is 9.03. The molecule has 0 bridgehead atoms. The number of amides is 1. The third-order valence-corrected chi connectivity index (χ3v) is 10.8. The second-order valence-electron chi connectivity index (χ2n) is 12.4. The number of hydrogen-bond donors (Lipinski definition) is 2. The first-order valence-corrected chi connectivity index (χ1v) is 17.7. The zero-order valence-corrected chi connectivity index (χ0v) is 28.9. The van der Waals surface area contributed by atoms with E-state index in [1.54, 1.807) is 12.1 Å². The van der Waals surface area contributed by atoms with Gasteiger partial charge in [0.2, 0.25) is 21.7 Å². The molecule has 0 unspecified atom stereocenters. The van der Waals surface area contributed by atoms with Crippen LogP contribution in [0.3, 0.4) is 0 Å². The predicted molar refractivity (Wildman–Crippen MR) is 180 cm³/mol. The van der Waals surface area contributed by atoms with E-state index in [0.717, 1.165) is 61.8 Å². The molecule has 0 aliphatic heterocycles. The van der Waals surface area contributed by atoms with E-state index in [4.69, 9.17) is 0 Å². The first kappa shape index (κ1) is 38.9. The van der Waals surface area contributed by atoms with Gasteiger partial charge < -0.3 is 19.8 Å². The normalized spacial score (nSPS) is 13.6. The van der Waals surface area contributed by atoms with Crippen LogP contribution in [0.2, 0.25) is 0 Å². The Morgan fingerprint density at radius 2 is 1.32 bits per heavy atom. The Morgan fingerprint density at radius 1 is 0.774 bits per heavy atom. The lowest BCUT2D eigenvalue weighted by molar-refractivity contribution is -0.119. The summed E-state index contributed by atoms with van der Waals surface area (Å²) < 4.78 is 105. The van der Waals surface area contributed by atoms with Crippen molar-refractivity contribution in [3.63, 3.8) is 0 Å². The van der Waals surface area contributed by atoms with E-state index in [2.05, 4.69) is 4.74 Å². The maximum Gasteiger partial charge on any atom is 0.339 e. The van der Waals surface area contributed by atoms with Gasteiger partial charge in [-0.1, -0.05) is 55.7 Å². The average Bonchev–Trinajstić information content (AvgIpc) is 3.15. The molecule has 1 amide bonds. The van der Waals surface area contributed by atoms with Gasteiger partial charge in [-0.25, -0.2) is 40.0 Å². The molecule has 4 aromatic rings. The lowest BCUT2D eigenvalue weighted by Gasteiger charge is -2.28. The summed E-state index contributed by atoms with van der Waals surface area (Å²) in [4.78, 5) is 36.5. The van der Waals surface area contributed by atoms with Crippen molar-refractivity contribution < 1.29 is 59.7 Å². The number of carbonyl (C=O) groups is 3.